The number of aromatic nitrogens is 1. The number of hydrogen-bond donors (Lipinski definition) is 1. The third-order valence-electron chi connectivity index (χ3n) is 3.63. The van der Waals surface area contributed by atoms with E-state index in [9.17, 15) is 0 Å². The lowest BCUT2D eigenvalue weighted by Crippen LogP contribution is -2.23. The maximum absolute atomic E-state index is 6.28. The molecule has 2 aromatic rings. The molecule has 0 amide bonds. The minimum absolute atomic E-state index is 0.0202. The largest absolute Gasteiger partial charge is 0.348 e. The standard InChI is InChI=1S/C17H25N3S/c1-3-5-11-20(4-2)17-19-15(13-21-17)12-16(18)14-9-7-6-8-10-14/h6-10,13,16H,3-5,11-12,18H2,1-2H3. The number of thiazole rings is 1. The Morgan fingerprint density at radius 1 is 1.24 bits per heavy atom. The highest BCUT2D eigenvalue weighted by molar-refractivity contribution is 7.13. The molecule has 0 bridgehead atoms. The van der Waals surface area contributed by atoms with Gasteiger partial charge in [0.05, 0.1) is 5.69 Å². The van der Waals surface area contributed by atoms with E-state index < -0.39 is 0 Å². The average Bonchev–Trinajstić information content (AvgIpc) is 2.97. The Kier molecular flexibility index (Phi) is 6.21. The molecule has 1 aromatic heterocycles. The number of hydrogen-bond acceptors (Lipinski definition) is 4. The molecule has 0 spiro atoms. The fraction of sp³-hybridized carbons (Fsp3) is 0.471. The molecule has 4 heteroatoms. The summed E-state index contributed by atoms with van der Waals surface area (Å²) in [6, 6.07) is 10.3. The molecule has 0 saturated carbocycles. The van der Waals surface area contributed by atoms with Gasteiger partial charge in [-0.2, -0.15) is 0 Å². The van der Waals surface area contributed by atoms with E-state index in [1.165, 1.54) is 18.4 Å². The van der Waals surface area contributed by atoms with Crippen molar-refractivity contribution in [3.8, 4) is 0 Å². The number of benzene rings is 1. The van der Waals surface area contributed by atoms with Crippen LogP contribution in [0.5, 0.6) is 0 Å². The SMILES string of the molecule is CCCCN(CC)c1nc(CC(N)c2ccccc2)cs1. The third-order valence-corrected chi connectivity index (χ3v) is 4.58. The summed E-state index contributed by atoms with van der Waals surface area (Å²) in [5.41, 5.74) is 8.55. The Hall–Kier alpha value is -1.39. The Morgan fingerprint density at radius 3 is 2.67 bits per heavy atom. The molecule has 114 valence electrons. The summed E-state index contributed by atoms with van der Waals surface area (Å²) >= 11 is 1.73. The lowest BCUT2D eigenvalue weighted by Gasteiger charge is -2.19. The van der Waals surface area contributed by atoms with Gasteiger partial charge in [0, 0.05) is 30.9 Å². The van der Waals surface area contributed by atoms with E-state index >= 15 is 0 Å². The van der Waals surface area contributed by atoms with Crippen molar-refractivity contribution in [2.75, 3.05) is 18.0 Å². The Bertz CT molecular complexity index is 524. The van der Waals surface area contributed by atoms with Gasteiger partial charge in [0.25, 0.3) is 0 Å². The summed E-state index contributed by atoms with van der Waals surface area (Å²) in [6.45, 7) is 6.51. The predicted octanol–water partition coefficient (Wildman–Crippen LogP) is 4.01. The summed E-state index contributed by atoms with van der Waals surface area (Å²) in [4.78, 5) is 7.12. The molecule has 0 radical (unpaired) electrons. The van der Waals surface area contributed by atoms with Crippen molar-refractivity contribution in [1.29, 1.82) is 0 Å². The molecule has 2 rings (SSSR count). The van der Waals surface area contributed by atoms with Gasteiger partial charge in [0.15, 0.2) is 5.13 Å². The number of anilines is 1. The topological polar surface area (TPSA) is 42.2 Å². The van der Waals surface area contributed by atoms with Gasteiger partial charge >= 0.3 is 0 Å². The van der Waals surface area contributed by atoms with E-state index in [-0.39, 0.29) is 6.04 Å². The molecule has 0 fully saturated rings. The van der Waals surface area contributed by atoms with Crippen molar-refractivity contribution in [2.45, 2.75) is 39.2 Å². The second-order valence-electron chi connectivity index (χ2n) is 5.28. The smallest absolute Gasteiger partial charge is 0.185 e. The van der Waals surface area contributed by atoms with E-state index in [1.807, 2.05) is 18.2 Å². The van der Waals surface area contributed by atoms with Crippen LogP contribution in [0.4, 0.5) is 5.13 Å². The van der Waals surface area contributed by atoms with Gasteiger partial charge in [-0.3, -0.25) is 0 Å². The summed E-state index contributed by atoms with van der Waals surface area (Å²) in [6.07, 6.45) is 3.23. The third kappa shape index (κ3) is 4.55. The molecule has 0 saturated heterocycles. The van der Waals surface area contributed by atoms with Crippen LogP contribution in [0.3, 0.4) is 0 Å². The monoisotopic (exact) mass is 303 g/mol. The second-order valence-corrected chi connectivity index (χ2v) is 6.11. The van der Waals surface area contributed by atoms with Crippen LogP contribution in [0.15, 0.2) is 35.7 Å². The van der Waals surface area contributed by atoms with Gasteiger partial charge in [-0.1, -0.05) is 43.7 Å². The van der Waals surface area contributed by atoms with Crippen molar-refractivity contribution >= 4 is 16.5 Å². The zero-order valence-corrected chi connectivity index (χ0v) is 13.8. The van der Waals surface area contributed by atoms with Crippen LogP contribution in [0.1, 0.15) is 44.0 Å². The van der Waals surface area contributed by atoms with Crippen molar-refractivity contribution in [3.05, 3.63) is 47.0 Å². The Morgan fingerprint density at radius 2 is 2.00 bits per heavy atom. The van der Waals surface area contributed by atoms with Crippen LogP contribution in [0.25, 0.3) is 0 Å². The molecule has 21 heavy (non-hydrogen) atoms. The van der Waals surface area contributed by atoms with E-state index in [0.717, 1.165) is 30.3 Å². The van der Waals surface area contributed by atoms with Crippen LogP contribution >= 0.6 is 11.3 Å². The fourth-order valence-corrected chi connectivity index (χ4v) is 3.25. The number of nitrogens with two attached hydrogens (primary N) is 1. The summed E-state index contributed by atoms with van der Waals surface area (Å²) in [5, 5.41) is 3.27. The molecule has 2 N–H and O–H groups in total. The first kappa shape index (κ1) is 16.0. The summed E-state index contributed by atoms with van der Waals surface area (Å²) in [5.74, 6) is 0. The molecule has 1 aromatic carbocycles. The van der Waals surface area contributed by atoms with Gasteiger partial charge in [0.2, 0.25) is 0 Å². The maximum atomic E-state index is 6.28. The molecular formula is C17H25N3S. The lowest BCUT2D eigenvalue weighted by molar-refractivity contribution is 0.702. The van der Waals surface area contributed by atoms with Crippen molar-refractivity contribution < 1.29 is 0 Å². The van der Waals surface area contributed by atoms with E-state index in [2.05, 4.69) is 36.3 Å². The van der Waals surface area contributed by atoms with Gasteiger partial charge in [-0.25, -0.2) is 4.98 Å². The minimum Gasteiger partial charge on any atom is -0.348 e. The molecule has 3 nitrogen and oxygen atoms in total. The zero-order valence-electron chi connectivity index (χ0n) is 13.0. The predicted molar refractivity (Wildman–Crippen MR) is 92.0 cm³/mol. The number of nitrogens with zero attached hydrogens (tertiary/aromatic N) is 2. The molecule has 1 atom stereocenters. The van der Waals surface area contributed by atoms with Crippen LogP contribution in [0, 0.1) is 0 Å². The van der Waals surface area contributed by atoms with Gasteiger partial charge in [-0.15, -0.1) is 11.3 Å². The fourth-order valence-electron chi connectivity index (χ4n) is 2.32. The quantitative estimate of drug-likeness (QED) is 0.801. The summed E-state index contributed by atoms with van der Waals surface area (Å²) in [7, 11) is 0. The normalized spacial score (nSPS) is 12.3. The molecule has 1 unspecified atom stereocenters. The van der Waals surface area contributed by atoms with Crippen molar-refractivity contribution in [1.82, 2.24) is 4.98 Å². The molecule has 0 aliphatic heterocycles. The van der Waals surface area contributed by atoms with Crippen LogP contribution in [0.2, 0.25) is 0 Å². The van der Waals surface area contributed by atoms with Gasteiger partial charge < -0.3 is 10.6 Å². The first-order valence-electron chi connectivity index (χ1n) is 7.74. The van der Waals surface area contributed by atoms with E-state index in [1.54, 1.807) is 11.3 Å². The maximum Gasteiger partial charge on any atom is 0.185 e. The second kappa shape index (κ2) is 8.15. The highest BCUT2D eigenvalue weighted by atomic mass is 32.1. The van der Waals surface area contributed by atoms with Crippen LogP contribution < -0.4 is 10.6 Å². The first-order chi connectivity index (χ1) is 10.2. The van der Waals surface area contributed by atoms with Crippen molar-refractivity contribution in [2.24, 2.45) is 5.73 Å². The highest BCUT2D eigenvalue weighted by Crippen LogP contribution is 2.24. The van der Waals surface area contributed by atoms with Crippen LogP contribution in [-0.4, -0.2) is 18.1 Å². The van der Waals surface area contributed by atoms with Gasteiger partial charge in [-0.05, 0) is 18.9 Å². The lowest BCUT2D eigenvalue weighted by atomic mass is 10.0. The zero-order chi connectivity index (χ0) is 15.1. The van der Waals surface area contributed by atoms with Crippen molar-refractivity contribution in [3.63, 3.8) is 0 Å². The molecule has 0 aliphatic carbocycles. The average molecular weight is 303 g/mol. The minimum atomic E-state index is 0.0202. The molecular weight excluding hydrogens is 278 g/mol. The Balaban J connectivity index is 1.99. The highest BCUT2D eigenvalue weighted by Gasteiger charge is 2.12. The van der Waals surface area contributed by atoms with E-state index in [0.29, 0.717) is 0 Å². The molecule has 1 heterocycles. The number of unbranched alkanes of at least 4 members (excludes halogenated alkanes) is 1. The van der Waals surface area contributed by atoms with Gasteiger partial charge in [0.1, 0.15) is 0 Å². The van der Waals surface area contributed by atoms with E-state index in [4.69, 9.17) is 10.7 Å². The van der Waals surface area contributed by atoms with Crippen LogP contribution in [-0.2, 0) is 6.42 Å². The number of rotatable bonds is 8. The first-order valence-corrected chi connectivity index (χ1v) is 8.62. The molecule has 0 aliphatic rings. The Labute approximate surface area is 131 Å². The summed E-state index contributed by atoms with van der Waals surface area (Å²) < 4.78 is 0.